The molecule has 12 nitrogen and oxygen atoms in total. The first-order valence-corrected chi connectivity index (χ1v) is 11.5. The van der Waals surface area contributed by atoms with Crippen LogP contribution in [0.15, 0.2) is 30.5 Å². The lowest BCUT2D eigenvalue weighted by Gasteiger charge is -2.45. The van der Waals surface area contributed by atoms with Crippen LogP contribution in [0.3, 0.4) is 0 Å². The summed E-state index contributed by atoms with van der Waals surface area (Å²) in [4.78, 5) is 0. The van der Waals surface area contributed by atoms with Crippen LogP contribution < -0.4 is 0 Å². The number of aliphatic hydroxyl groups is 7. The molecule has 1 aromatic heterocycles. The van der Waals surface area contributed by atoms with Crippen molar-refractivity contribution in [3.05, 3.63) is 36.3 Å². The Morgan fingerprint density at radius 2 is 1.41 bits per heavy atom. The molecule has 3 heterocycles. The van der Waals surface area contributed by atoms with Gasteiger partial charge in [0.2, 0.25) is 0 Å². The van der Waals surface area contributed by atoms with Crippen LogP contribution in [0.2, 0.25) is 0 Å². The van der Waals surface area contributed by atoms with E-state index in [1.54, 1.807) is 0 Å². The summed E-state index contributed by atoms with van der Waals surface area (Å²) in [5, 5.41) is 79.1. The first kappa shape index (κ1) is 25.4. The fourth-order valence-electron chi connectivity index (χ4n) is 3.98. The molecule has 4 rings (SSSR count). The summed E-state index contributed by atoms with van der Waals surface area (Å²) in [5.74, 6) is -0.426. The van der Waals surface area contributed by atoms with Crippen LogP contribution >= 0.6 is 11.8 Å². The number of ether oxygens (including phenoxy) is 2. The second-order valence-electron chi connectivity index (χ2n) is 8.12. The van der Waals surface area contributed by atoms with Crippen molar-refractivity contribution in [1.29, 1.82) is 0 Å². The molecule has 0 saturated carbocycles. The molecule has 34 heavy (non-hydrogen) atoms. The lowest BCUT2D eigenvalue weighted by Crippen LogP contribution is -2.59. The van der Waals surface area contributed by atoms with Crippen molar-refractivity contribution >= 4 is 11.8 Å². The number of benzene rings is 1. The third-order valence-corrected chi connectivity index (χ3v) is 7.24. The molecule has 2 saturated heterocycles. The highest BCUT2D eigenvalue weighted by molar-refractivity contribution is 8.00. The van der Waals surface area contributed by atoms with Crippen molar-refractivity contribution in [2.75, 3.05) is 13.2 Å². The van der Waals surface area contributed by atoms with E-state index in [0.717, 1.165) is 11.8 Å². The van der Waals surface area contributed by atoms with Crippen molar-refractivity contribution in [2.45, 2.75) is 59.6 Å². The van der Waals surface area contributed by atoms with E-state index in [4.69, 9.17) is 9.47 Å². The van der Waals surface area contributed by atoms with Gasteiger partial charge in [-0.2, -0.15) is 0 Å². The minimum Gasteiger partial charge on any atom is -0.394 e. The zero-order valence-corrected chi connectivity index (χ0v) is 18.5. The van der Waals surface area contributed by atoms with Gasteiger partial charge < -0.3 is 45.2 Å². The van der Waals surface area contributed by atoms with Crippen molar-refractivity contribution in [3.63, 3.8) is 0 Å². The van der Waals surface area contributed by atoms with E-state index in [2.05, 4.69) is 10.3 Å². The highest BCUT2D eigenvalue weighted by Crippen LogP contribution is 2.40. The molecule has 2 aliphatic heterocycles. The average molecular weight is 504 g/mol. The van der Waals surface area contributed by atoms with E-state index < -0.39 is 78.7 Å². The predicted octanol–water partition coefficient (Wildman–Crippen LogP) is -2.40. The van der Waals surface area contributed by atoms with Gasteiger partial charge in [0.15, 0.2) is 0 Å². The summed E-state index contributed by atoms with van der Waals surface area (Å²) < 4.78 is 25.5. The number of thioether (sulfide) groups is 1. The lowest BCUT2D eigenvalue weighted by atomic mass is 9.97. The Morgan fingerprint density at radius 3 is 2.03 bits per heavy atom. The maximum absolute atomic E-state index is 13.2. The number of hydrogen-bond donors (Lipinski definition) is 7. The maximum atomic E-state index is 13.2. The van der Waals surface area contributed by atoms with Gasteiger partial charge in [0, 0.05) is 5.56 Å². The van der Waals surface area contributed by atoms with Gasteiger partial charge in [-0.25, -0.2) is 9.07 Å². The number of aromatic nitrogens is 3. The van der Waals surface area contributed by atoms with Crippen LogP contribution in [-0.4, -0.2) is 118 Å². The van der Waals surface area contributed by atoms with Gasteiger partial charge in [-0.15, -0.1) is 5.10 Å². The Morgan fingerprint density at radius 1 is 0.824 bits per heavy atom. The minimum atomic E-state index is -1.62. The minimum absolute atomic E-state index is 0.351. The monoisotopic (exact) mass is 503 g/mol. The van der Waals surface area contributed by atoms with E-state index in [0.29, 0.717) is 11.3 Å². The van der Waals surface area contributed by atoms with Crippen LogP contribution in [-0.2, 0) is 9.47 Å². The Labute approximate surface area is 197 Å². The molecule has 14 heteroatoms. The first-order valence-electron chi connectivity index (χ1n) is 10.5. The fraction of sp³-hybridized carbons (Fsp3) is 0.600. The Hall–Kier alpha value is -1.72. The third kappa shape index (κ3) is 4.83. The molecular weight excluding hydrogens is 477 g/mol. The van der Waals surface area contributed by atoms with Crippen LogP contribution in [0, 0.1) is 5.82 Å². The summed E-state index contributed by atoms with van der Waals surface area (Å²) >= 11 is 0.755. The van der Waals surface area contributed by atoms with Gasteiger partial charge >= 0.3 is 0 Å². The van der Waals surface area contributed by atoms with Crippen molar-refractivity contribution in [1.82, 2.24) is 15.0 Å². The highest BCUT2D eigenvalue weighted by atomic mass is 32.2. The third-order valence-electron chi connectivity index (χ3n) is 5.92. The van der Waals surface area contributed by atoms with Crippen LogP contribution in [0.4, 0.5) is 4.39 Å². The van der Waals surface area contributed by atoms with E-state index in [9.17, 15) is 40.1 Å². The fourth-order valence-corrected chi connectivity index (χ4v) is 5.30. The standard InChI is InChI=1S/C20H26FN3O9S/c21-9-3-1-8(2-4-9)10-5-24(23-22-10)13-14(27)11(6-25)32-19(16(13)29)34-20-18(31)17(30)15(28)12(7-26)33-20/h1-5,11-20,25-31H,6-7H2/t11-,12-,13+,14+,15-,16-,17+,18-,19+,20+/m1/s1. The Bertz CT molecular complexity index is 952. The van der Waals surface area contributed by atoms with Crippen LogP contribution in [0.25, 0.3) is 11.3 Å². The van der Waals surface area contributed by atoms with E-state index in [1.165, 1.54) is 35.1 Å². The number of aliphatic hydroxyl groups excluding tert-OH is 7. The van der Waals surface area contributed by atoms with Gasteiger partial charge in [0.1, 0.15) is 71.2 Å². The SMILES string of the molecule is OC[C@H]1O[C@@H](S[C@@H]2O[C@H](CO)[C@@H](O)[C@H](O)[C@H]2O)[C@H](O)[C@@H](n2cc(-c3ccc(F)cc3)nn2)[C@H]1O. The Balaban J connectivity index is 1.56. The summed E-state index contributed by atoms with van der Waals surface area (Å²) in [6, 6.07) is 4.36. The molecule has 188 valence electrons. The van der Waals surface area contributed by atoms with E-state index in [1.807, 2.05) is 0 Å². The lowest BCUT2D eigenvalue weighted by molar-refractivity contribution is -0.208. The molecular formula is C20H26FN3O9S. The topological polar surface area (TPSA) is 191 Å². The molecule has 2 aromatic rings. The van der Waals surface area contributed by atoms with Gasteiger partial charge in [-0.3, -0.25) is 0 Å². The van der Waals surface area contributed by atoms with Gasteiger partial charge in [-0.05, 0) is 24.3 Å². The number of rotatable bonds is 6. The normalized spacial score (nSPS) is 38.7. The van der Waals surface area contributed by atoms with Gasteiger partial charge in [0.05, 0.1) is 19.4 Å². The second kappa shape index (κ2) is 10.5. The van der Waals surface area contributed by atoms with E-state index >= 15 is 0 Å². The van der Waals surface area contributed by atoms with Crippen LogP contribution in [0.5, 0.6) is 0 Å². The first-order chi connectivity index (χ1) is 16.2. The van der Waals surface area contributed by atoms with Crippen molar-refractivity contribution < 1.29 is 49.6 Å². The van der Waals surface area contributed by atoms with Crippen molar-refractivity contribution in [2.24, 2.45) is 0 Å². The molecule has 0 unspecified atom stereocenters. The molecule has 0 bridgehead atoms. The largest absolute Gasteiger partial charge is 0.394 e. The number of halogens is 1. The van der Waals surface area contributed by atoms with Crippen LogP contribution in [0.1, 0.15) is 6.04 Å². The van der Waals surface area contributed by atoms with Crippen molar-refractivity contribution in [3.8, 4) is 11.3 Å². The Kier molecular flexibility index (Phi) is 7.83. The second-order valence-corrected chi connectivity index (χ2v) is 9.32. The summed E-state index contributed by atoms with van der Waals surface area (Å²) in [6.07, 6.45) is -8.43. The van der Waals surface area contributed by atoms with Gasteiger partial charge in [-0.1, -0.05) is 17.0 Å². The number of nitrogens with zero attached hydrogens (tertiary/aromatic N) is 3. The molecule has 0 spiro atoms. The smallest absolute Gasteiger partial charge is 0.134 e. The summed E-state index contributed by atoms with van der Waals surface area (Å²) in [7, 11) is 0. The molecule has 10 atom stereocenters. The van der Waals surface area contributed by atoms with Gasteiger partial charge in [0.25, 0.3) is 0 Å². The summed E-state index contributed by atoms with van der Waals surface area (Å²) in [5.41, 5.74) is -1.49. The highest BCUT2D eigenvalue weighted by Gasteiger charge is 2.50. The molecule has 7 N–H and O–H groups in total. The molecule has 0 amide bonds. The number of hydrogen-bond acceptors (Lipinski definition) is 12. The maximum Gasteiger partial charge on any atom is 0.134 e. The van der Waals surface area contributed by atoms with E-state index in [-0.39, 0.29) is 0 Å². The average Bonchev–Trinajstić information content (AvgIpc) is 3.31. The molecule has 2 fully saturated rings. The molecule has 2 aliphatic rings. The molecule has 0 aliphatic carbocycles. The predicted molar refractivity (Wildman–Crippen MR) is 114 cm³/mol. The quantitative estimate of drug-likeness (QED) is 0.221. The summed E-state index contributed by atoms with van der Waals surface area (Å²) in [6.45, 7) is -1.22. The molecule has 0 radical (unpaired) electrons. The zero-order valence-electron chi connectivity index (χ0n) is 17.6. The zero-order chi connectivity index (χ0) is 24.6. The molecule has 1 aromatic carbocycles.